The second-order valence-electron chi connectivity index (χ2n) is 8.35. The van der Waals surface area contributed by atoms with E-state index in [0.717, 1.165) is 24.2 Å². The molecule has 0 unspecified atom stereocenters. The quantitative estimate of drug-likeness (QED) is 0.619. The van der Waals surface area contributed by atoms with E-state index in [4.69, 9.17) is 14.2 Å². The van der Waals surface area contributed by atoms with Gasteiger partial charge in [0.1, 0.15) is 11.9 Å². The van der Waals surface area contributed by atoms with Gasteiger partial charge >= 0.3 is 0 Å². The molecular formula is C26H25N3O5. The van der Waals surface area contributed by atoms with Crippen LogP contribution in [0.25, 0.3) is 0 Å². The lowest BCUT2D eigenvalue weighted by Gasteiger charge is -2.32. The number of nitrogens with one attached hydrogen (secondary N) is 1. The first-order valence-corrected chi connectivity index (χ1v) is 11.2. The van der Waals surface area contributed by atoms with Crippen LogP contribution < -0.4 is 19.5 Å². The maximum Gasteiger partial charge on any atom is 0.255 e. The van der Waals surface area contributed by atoms with Crippen LogP contribution in [0.5, 0.6) is 17.2 Å². The summed E-state index contributed by atoms with van der Waals surface area (Å²) >= 11 is 0. The molecule has 8 nitrogen and oxygen atoms in total. The van der Waals surface area contributed by atoms with Crippen molar-refractivity contribution in [3.05, 3.63) is 77.6 Å². The highest BCUT2D eigenvalue weighted by molar-refractivity contribution is 6.04. The largest absolute Gasteiger partial charge is 0.490 e. The van der Waals surface area contributed by atoms with Crippen molar-refractivity contribution in [1.29, 1.82) is 0 Å². The minimum atomic E-state index is -0.240. The number of likely N-dealkylation sites (tertiary alicyclic amines) is 1. The van der Waals surface area contributed by atoms with Crippen LogP contribution in [-0.4, -0.2) is 47.7 Å². The van der Waals surface area contributed by atoms with Gasteiger partial charge in [-0.15, -0.1) is 0 Å². The third-order valence-corrected chi connectivity index (χ3v) is 6.01. The number of piperidine rings is 1. The zero-order chi connectivity index (χ0) is 23.5. The number of pyridine rings is 1. The number of carbonyl (C=O) groups is 2. The van der Waals surface area contributed by atoms with Crippen molar-refractivity contribution >= 4 is 17.5 Å². The highest BCUT2D eigenvalue weighted by atomic mass is 16.7. The summed E-state index contributed by atoms with van der Waals surface area (Å²) in [5.74, 6) is 1.68. The predicted molar refractivity (Wildman–Crippen MR) is 125 cm³/mol. The van der Waals surface area contributed by atoms with Crippen LogP contribution in [0.2, 0.25) is 0 Å². The van der Waals surface area contributed by atoms with E-state index in [1.807, 2.05) is 30.0 Å². The first-order valence-electron chi connectivity index (χ1n) is 11.2. The number of anilines is 1. The van der Waals surface area contributed by atoms with Gasteiger partial charge in [-0.2, -0.15) is 0 Å². The molecule has 3 aromatic rings. The van der Waals surface area contributed by atoms with Crippen molar-refractivity contribution in [2.24, 2.45) is 0 Å². The number of ether oxygens (including phenoxy) is 3. The zero-order valence-corrected chi connectivity index (χ0v) is 18.8. The zero-order valence-electron chi connectivity index (χ0n) is 18.8. The molecule has 0 radical (unpaired) electrons. The molecule has 2 aliphatic rings. The molecule has 1 N–H and O–H groups in total. The Morgan fingerprint density at radius 1 is 1.03 bits per heavy atom. The van der Waals surface area contributed by atoms with Gasteiger partial charge in [0, 0.05) is 55.6 Å². The molecule has 1 fully saturated rings. The molecule has 1 aromatic heterocycles. The smallest absolute Gasteiger partial charge is 0.255 e. The molecule has 0 saturated carbocycles. The van der Waals surface area contributed by atoms with Crippen LogP contribution in [0, 0.1) is 6.92 Å². The van der Waals surface area contributed by atoms with Gasteiger partial charge in [-0.05, 0) is 48.9 Å². The van der Waals surface area contributed by atoms with Crippen molar-refractivity contribution in [3.63, 3.8) is 0 Å². The number of aryl methyl sites for hydroxylation is 1. The van der Waals surface area contributed by atoms with Crippen LogP contribution in [-0.2, 0) is 0 Å². The fraction of sp³-hybridized carbons (Fsp3) is 0.269. The fourth-order valence-electron chi connectivity index (χ4n) is 4.07. The van der Waals surface area contributed by atoms with Crippen LogP contribution in [0.3, 0.4) is 0 Å². The summed E-state index contributed by atoms with van der Waals surface area (Å²) in [4.78, 5) is 31.2. The molecule has 2 amide bonds. The number of amides is 2. The highest BCUT2D eigenvalue weighted by Gasteiger charge is 2.25. The monoisotopic (exact) mass is 459 g/mol. The Morgan fingerprint density at radius 2 is 1.85 bits per heavy atom. The normalized spacial score (nSPS) is 15.1. The molecule has 0 atom stereocenters. The SMILES string of the molecule is Cc1ccc(NC(=O)c2ccc3c(c2)OCO3)cc1OC1CCN(C(=O)c2cccnc2)CC1. The van der Waals surface area contributed by atoms with E-state index >= 15 is 0 Å². The molecule has 8 heteroatoms. The van der Waals surface area contributed by atoms with Crippen LogP contribution in [0.15, 0.2) is 60.9 Å². The maximum atomic E-state index is 12.7. The van der Waals surface area contributed by atoms with E-state index in [-0.39, 0.29) is 24.7 Å². The molecule has 5 rings (SSSR count). The molecule has 174 valence electrons. The van der Waals surface area contributed by atoms with E-state index in [1.54, 1.807) is 42.7 Å². The molecule has 34 heavy (non-hydrogen) atoms. The minimum absolute atomic E-state index is 0.00328. The summed E-state index contributed by atoms with van der Waals surface area (Å²) in [5, 5.41) is 2.92. The summed E-state index contributed by atoms with van der Waals surface area (Å²) in [6.07, 6.45) is 4.72. The van der Waals surface area contributed by atoms with E-state index in [9.17, 15) is 9.59 Å². The molecule has 2 aliphatic heterocycles. The Bertz CT molecular complexity index is 1210. The van der Waals surface area contributed by atoms with Crippen molar-refractivity contribution in [2.75, 3.05) is 25.2 Å². The summed E-state index contributed by atoms with van der Waals surface area (Å²) in [6.45, 7) is 3.38. The Morgan fingerprint density at radius 3 is 2.65 bits per heavy atom. The van der Waals surface area contributed by atoms with Gasteiger partial charge in [0.15, 0.2) is 11.5 Å². The van der Waals surface area contributed by atoms with Gasteiger partial charge in [-0.3, -0.25) is 14.6 Å². The molecule has 1 saturated heterocycles. The number of benzene rings is 2. The lowest BCUT2D eigenvalue weighted by molar-refractivity contribution is 0.0594. The Kier molecular flexibility index (Phi) is 6.03. The number of carbonyl (C=O) groups excluding carboxylic acids is 2. The predicted octanol–water partition coefficient (Wildman–Crippen LogP) is 4.05. The van der Waals surface area contributed by atoms with Crippen LogP contribution >= 0.6 is 0 Å². The third-order valence-electron chi connectivity index (χ3n) is 6.01. The summed E-state index contributed by atoms with van der Waals surface area (Å²) < 4.78 is 16.9. The maximum absolute atomic E-state index is 12.7. The average Bonchev–Trinajstić information content (AvgIpc) is 3.35. The van der Waals surface area contributed by atoms with Crippen molar-refractivity contribution in [3.8, 4) is 17.2 Å². The highest BCUT2D eigenvalue weighted by Crippen LogP contribution is 2.33. The second kappa shape index (κ2) is 9.43. The first kappa shape index (κ1) is 21.8. The van der Waals surface area contributed by atoms with Gasteiger partial charge in [-0.1, -0.05) is 6.07 Å². The van der Waals surface area contributed by atoms with Gasteiger partial charge < -0.3 is 24.4 Å². The van der Waals surface area contributed by atoms with Gasteiger partial charge in [0.05, 0.1) is 5.56 Å². The molecular weight excluding hydrogens is 434 g/mol. The standard InChI is InChI=1S/C26H25N3O5/c1-17-4-6-20(28-25(30)18-5-7-22-24(13-18)33-16-32-22)14-23(17)34-21-8-11-29(12-9-21)26(31)19-3-2-10-27-15-19/h2-7,10,13-15,21H,8-9,11-12,16H2,1H3,(H,28,30). The first-order chi connectivity index (χ1) is 16.6. The number of aromatic nitrogens is 1. The molecule has 3 heterocycles. The molecule has 0 aliphatic carbocycles. The van der Waals surface area contributed by atoms with Gasteiger partial charge in [0.25, 0.3) is 11.8 Å². The topological polar surface area (TPSA) is 90.0 Å². The third kappa shape index (κ3) is 4.66. The lowest BCUT2D eigenvalue weighted by Crippen LogP contribution is -2.41. The number of hydrogen-bond acceptors (Lipinski definition) is 6. The number of rotatable bonds is 5. The summed E-state index contributed by atoms with van der Waals surface area (Å²) in [5.41, 5.74) is 2.71. The van der Waals surface area contributed by atoms with E-state index in [0.29, 0.717) is 41.4 Å². The van der Waals surface area contributed by atoms with Crippen molar-refractivity contribution < 1.29 is 23.8 Å². The van der Waals surface area contributed by atoms with E-state index in [1.165, 1.54) is 0 Å². The van der Waals surface area contributed by atoms with Crippen molar-refractivity contribution in [2.45, 2.75) is 25.9 Å². The van der Waals surface area contributed by atoms with E-state index < -0.39 is 0 Å². The van der Waals surface area contributed by atoms with Crippen LogP contribution in [0.4, 0.5) is 5.69 Å². The Labute approximate surface area is 197 Å². The van der Waals surface area contributed by atoms with Gasteiger partial charge in [-0.25, -0.2) is 0 Å². The fourth-order valence-corrected chi connectivity index (χ4v) is 4.07. The Balaban J connectivity index is 1.20. The number of fused-ring (bicyclic) bond motifs is 1. The summed E-state index contributed by atoms with van der Waals surface area (Å²) in [7, 11) is 0. The lowest BCUT2D eigenvalue weighted by atomic mass is 10.1. The number of hydrogen-bond donors (Lipinski definition) is 1. The average molecular weight is 460 g/mol. The molecule has 0 bridgehead atoms. The minimum Gasteiger partial charge on any atom is -0.490 e. The van der Waals surface area contributed by atoms with Crippen molar-refractivity contribution in [1.82, 2.24) is 9.88 Å². The second-order valence-corrected chi connectivity index (χ2v) is 8.35. The Hall–Kier alpha value is -4.07. The van der Waals surface area contributed by atoms with Crippen LogP contribution in [0.1, 0.15) is 39.1 Å². The number of nitrogens with zero attached hydrogens (tertiary/aromatic N) is 2. The summed E-state index contributed by atoms with van der Waals surface area (Å²) in [6, 6.07) is 14.3. The molecule has 2 aromatic carbocycles. The van der Waals surface area contributed by atoms with E-state index in [2.05, 4.69) is 10.3 Å². The molecule has 0 spiro atoms. The van der Waals surface area contributed by atoms with Gasteiger partial charge in [0.2, 0.25) is 6.79 Å².